The summed E-state index contributed by atoms with van der Waals surface area (Å²) < 4.78 is 0. The van der Waals surface area contributed by atoms with E-state index in [-0.39, 0.29) is 13.6 Å². The maximum Gasteiger partial charge on any atom is 0.0267 e. The number of nitrogens with zero attached hydrogens (tertiary/aromatic N) is 1. The van der Waals surface area contributed by atoms with E-state index in [0.717, 1.165) is 0 Å². The van der Waals surface area contributed by atoms with Gasteiger partial charge in [0.05, 0.1) is 0 Å². The molecule has 1 rings (SSSR count). The summed E-state index contributed by atoms with van der Waals surface area (Å²) in [5, 5.41) is 0. The van der Waals surface area contributed by atoms with Crippen molar-refractivity contribution >= 4 is 9.58 Å². The molecule has 0 aliphatic carbocycles. The molecule has 2 N–H and O–H groups in total. The van der Waals surface area contributed by atoms with Crippen LogP contribution < -0.4 is 0 Å². The first-order valence-electron chi connectivity index (χ1n) is 1.98. The minimum Gasteiger partial charge on any atom is -0.693 e. The summed E-state index contributed by atoms with van der Waals surface area (Å²) >= 11 is 1.47. The van der Waals surface area contributed by atoms with E-state index in [1.807, 2.05) is 18.2 Å². The molecule has 0 saturated heterocycles. The van der Waals surface area contributed by atoms with Crippen LogP contribution in [0.25, 0.3) is 6.15 Å². The second-order valence-electron chi connectivity index (χ2n) is 1.02. The van der Waals surface area contributed by atoms with Crippen LogP contribution in [-0.2, 0) is 17.9 Å². The molecule has 0 unspecified atom stereocenters. The summed E-state index contributed by atoms with van der Waals surface area (Å²) in [7, 11) is 4.64. The maximum atomic E-state index is 4.64. The van der Waals surface area contributed by atoms with Gasteiger partial charge in [0.15, 0.2) is 0 Å². The summed E-state index contributed by atoms with van der Waals surface area (Å²) in [6.45, 7) is 0. The van der Waals surface area contributed by atoms with Crippen LogP contribution in [0.3, 0.4) is 0 Å². The Morgan fingerprint density at radius 2 is 1.40 bits per heavy atom. The zero-order valence-electron chi connectivity index (χ0n) is 5.62. The first-order valence-corrected chi connectivity index (χ1v) is 4.94. The number of hydrogen-bond donors (Lipinski definition) is 0. The molecule has 0 amide bonds. The third-order valence-electron chi connectivity index (χ3n) is 0.566. The second kappa shape index (κ2) is 16.0. The van der Waals surface area contributed by atoms with Crippen molar-refractivity contribution in [3.8, 4) is 0 Å². The van der Waals surface area contributed by atoms with E-state index >= 15 is 0 Å². The predicted molar refractivity (Wildman–Crippen MR) is 41.8 cm³/mol. The minimum atomic E-state index is 0. The molecule has 2 nitrogen and oxygen atoms in total. The smallest absolute Gasteiger partial charge is 0.0267 e. The molecule has 4 heteroatoms. The zero-order valence-corrected chi connectivity index (χ0v) is 8.77. The van der Waals surface area contributed by atoms with Gasteiger partial charge in [0.25, 0.3) is 0 Å². The summed E-state index contributed by atoms with van der Waals surface area (Å²) in [5.41, 5.74) is 0. The van der Waals surface area contributed by atoms with Crippen LogP contribution in [0.2, 0.25) is 0 Å². The van der Waals surface area contributed by atoms with E-state index in [1.165, 1.54) is 17.9 Å². The Bertz CT molecular complexity index is 87.7. The van der Waals surface area contributed by atoms with Crippen molar-refractivity contribution in [1.29, 1.82) is 0 Å². The molecule has 1 heterocycles. The Balaban J connectivity index is -0.000000114. The van der Waals surface area contributed by atoms with E-state index in [1.54, 1.807) is 12.4 Å². The third kappa shape index (κ3) is 10.9. The molecule has 10 heavy (non-hydrogen) atoms. The molecule has 0 aliphatic heterocycles. The minimum absolute atomic E-state index is 0. The van der Waals surface area contributed by atoms with Gasteiger partial charge in [-0.15, -0.1) is 0 Å². The van der Waals surface area contributed by atoms with Crippen LogP contribution in [0.15, 0.2) is 30.6 Å². The van der Waals surface area contributed by atoms with Crippen molar-refractivity contribution in [1.82, 2.24) is 4.98 Å². The summed E-state index contributed by atoms with van der Waals surface area (Å²) in [6, 6.07) is 5.72. The zero-order chi connectivity index (χ0) is 6.24. The van der Waals surface area contributed by atoms with E-state index in [2.05, 4.69) is 14.6 Å². The first-order chi connectivity index (χ1) is 4.00. The molecule has 0 fully saturated rings. The van der Waals surface area contributed by atoms with Gasteiger partial charge >= 0.3 is 27.5 Å². The van der Waals surface area contributed by atoms with E-state index in [4.69, 9.17) is 0 Å². The SMILES string of the molecule is [CH3-].[Cl][Ir+2].[NH2-].c1ccncc1. The van der Waals surface area contributed by atoms with Crippen molar-refractivity contribution in [2.75, 3.05) is 0 Å². The third-order valence-corrected chi connectivity index (χ3v) is 0.566. The molecule has 0 spiro atoms. The Labute approximate surface area is 76.7 Å². The molecular formula is C6H10ClIrN2. The van der Waals surface area contributed by atoms with Crippen LogP contribution in [-0.4, -0.2) is 4.98 Å². The second-order valence-corrected chi connectivity index (χ2v) is 1.02. The largest absolute Gasteiger partial charge is 0.693 e. The van der Waals surface area contributed by atoms with Crippen LogP contribution in [0.5, 0.6) is 0 Å². The molecule has 0 saturated carbocycles. The molecule has 0 radical (unpaired) electrons. The molecule has 1 aromatic heterocycles. The number of hydrogen-bond acceptors (Lipinski definition) is 1. The van der Waals surface area contributed by atoms with Gasteiger partial charge in [-0.25, -0.2) is 0 Å². The van der Waals surface area contributed by atoms with E-state index in [0.29, 0.717) is 0 Å². The normalized spacial score (nSPS) is 5.40. The van der Waals surface area contributed by atoms with Gasteiger partial charge in [-0.1, -0.05) is 6.07 Å². The van der Waals surface area contributed by atoms with Crippen LogP contribution >= 0.6 is 9.58 Å². The first kappa shape index (κ1) is 16.6. The number of rotatable bonds is 0. The Hall–Kier alpha value is 0.0494. The summed E-state index contributed by atoms with van der Waals surface area (Å²) in [4.78, 5) is 3.78. The van der Waals surface area contributed by atoms with Crippen molar-refractivity contribution in [2.24, 2.45) is 0 Å². The topological polar surface area (TPSA) is 46.4 Å². The van der Waals surface area contributed by atoms with Crippen molar-refractivity contribution in [3.05, 3.63) is 44.2 Å². The Kier molecular flexibility index (Phi) is 26.5. The molecule has 0 atom stereocenters. The number of nitrogens with two attached hydrogens (primary N) is 1. The number of aromatic nitrogens is 1. The van der Waals surface area contributed by atoms with Gasteiger partial charge in [0.1, 0.15) is 0 Å². The van der Waals surface area contributed by atoms with Crippen molar-refractivity contribution in [2.45, 2.75) is 0 Å². The van der Waals surface area contributed by atoms with E-state index in [9.17, 15) is 0 Å². The number of halogens is 1. The molecule has 0 aliphatic rings. The fourth-order valence-electron chi connectivity index (χ4n) is 0.313. The van der Waals surface area contributed by atoms with Gasteiger partial charge in [-0.05, 0) is 12.1 Å². The number of pyridine rings is 1. The maximum absolute atomic E-state index is 4.64. The standard InChI is InChI=1S/C5H5N.CH3.ClH.Ir.H2N/c1-2-4-6-5-3-1;;;;/h1-5H;1H3;1H;;1H2/q;-1;;+3;-1/p-1. The van der Waals surface area contributed by atoms with Gasteiger partial charge in [-0.3, -0.25) is 4.98 Å². The Morgan fingerprint density at radius 1 is 1.00 bits per heavy atom. The average molecular weight is 338 g/mol. The fourth-order valence-corrected chi connectivity index (χ4v) is 0.313. The monoisotopic (exact) mass is 338 g/mol. The fraction of sp³-hybridized carbons (Fsp3) is 0. The van der Waals surface area contributed by atoms with Gasteiger partial charge < -0.3 is 13.6 Å². The van der Waals surface area contributed by atoms with Crippen molar-refractivity contribution < 1.29 is 17.9 Å². The van der Waals surface area contributed by atoms with Crippen LogP contribution in [0.4, 0.5) is 0 Å². The van der Waals surface area contributed by atoms with Crippen molar-refractivity contribution in [3.63, 3.8) is 0 Å². The molecular weight excluding hydrogens is 328 g/mol. The molecule has 1 aromatic rings. The summed E-state index contributed by atoms with van der Waals surface area (Å²) in [5.74, 6) is 0. The summed E-state index contributed by atoms with van der Waals surface area (Å²) in [6.07, 6.45) is 3.50. The van der Waals surface area contributed by atoms with Crippen LogP contribution in [0, 0.1) is 7.43 Å². The van der Waals surface area contributed by atoms with E-state index < -0.39 is 0 Å². The van der Waals surface area contributed by atoms with Crippen LogP contribution in [0.1, 0.15) is 0 Å². The molecule has 0 aromatic carbocycles. The van der Waals surface area contributed by atoms with Gasteiger partial charge in [0.2, 0.25) is 0 Å². The van der Waals surface area contributed by atoms with Gasteiger partial charge in [-0.2, -0.15) is 0 Å². The van der Waals surface area contributed by atoms with Gasteiger partial charge in [0, 0.05) is 12.4 Å². The Morgan fingerprint density at radius 3 is 1.50 bits per heavy atom. The predicted octanol–water partition coefficient (Wildman–Crippen LogP) is 2.94. The quantitative estimate of drug-likeness (QED) is 0.671. The molecule has 60 valence electrons. The average Bonchev–Trinajstić information content (AvgIpc) is 1.96. The molecule has 0 bridgehead atoms.